The van der Waals surface area contributed by atoms with E-state index in [4.69, 9.17) is 21.1 Å². The number of anilines is 1. The Morgan fingerprint density at radius 3 is 2.62 bits per heavy atom. The highest BCUT2D eigenvalue weighted by molar-refractivity contribution is 7.91. The van der Waals surface area contributed by atoms with Crippen molar-refractivity contribution in [2.75, 3.05) is 38.3 Å². The number of sulfonamides is 1. The molecule has 1 saturated heterocycles. The van der Waals surface area contributed by atoms with Gasteiger partial charge in [0.15, 0.2) is 17.5 Å². The molecular formula is C18H21ClN3O5S2+. The van der Waals surface area contributed by atoms with Crippen LogP contribution in [0.5, 0.6) is 11.5 Å². The minimum Gasteiger partial charge on any atom is -0.454 e. The van der Waals surface area contributed by atoms with Crippen LogP contribution in [-0.4, -0.2) is 57.6 Å². The monoisotopic (exact) mass is 458 g/mol. The highest BCUT2D eigenvalue weighted by atomic mass is 35.5. The van der Waals surface area contributed by atoms with Gasteiger partial charge in [0.25, 0.3) is 15.9 Å². The van der Waals surface area contributed by atoms with Crippen LogP contribution >= 0.6 is 22.9 Å². The second kappa shape index (κ2) is 8.11. The van der Waals surface area contributed by atoms with Crippen LogP contribution in [0.1, 0.15) is 6.92 Å². The van der Waals surface area contributed by atoms with E-state index in [0.717, 1.165) is 16.2 Å². The van der Waals surface area contributed by atoms with Crippen molar-refractivity contribution in [2.45, 2.75) is 17.2 Å². The number of piperazine rings is 1. The molecule has 29 heavy (non-hydrogen) atoms. The van der Waals surface area contributed by atoms with Gasteiger partial charge in [0.1, 0.15) is 4.21 Å². The van der Waals surface area contributed by atoms with E-state index in [1.165, 1.54) is 10.4 Å². The van der Waals surface area contributed by atoms with Gasteiger partial charge in [-0.2, -0.15) is 4.31 Å². The fourth-order valence-electron chi connectivity index (χ4n) is 3.42. The van der Waals surface area contributed by atoms with Crippen molar-refractivity contribution in [3.8, 4) is 11.5 Å². The molecule has 0 radical (unpaired) electrons. The van der Waals surface area contributed by atoms with Gasteiger partial charge in [-0.15, -0.1) is 11.3 Å². The number of nitrogens with zero attached hydrogens (tertiary/aromatic N) is 1. The van der Waals surface area contributed by atoms with Crippen molar-refractivity contribution in [3.63, 3.8) is 0 Å². The van der Waals surface area contributed by atoms with Crippen LogP contribution in [0.15, 0.2) is 34.5 Å². The second-order valence-corrected chi connectivity index (χ2v) is 10.8. The molecule has 2 N–H and O–H groups in total. The van der Waals surface area contributed by atoms with Gasteiger partial charge in [0, 0.05) is 11.8 Å². The average molecular weight is 459 g/mol. The standard InChI is InChI=1S/C18H20ClN3O5S2/c1-12(18(23)20-13-2-3-14-15(10-13)27-11-26-14)21-6-8-22(9-7-21)29(24,25)17-5-4-16(19)28-17/h2-5,10,12H,6-9,11H2,1H3,(H,20,23)/p+1/t12-/m1/s1. The molecular weight excluding hydrogens is 438 g/mol. The van der Waals surface area contributed by atoms with Gasteiger partial charge in [-0.1, -0.05) is 11.6 Å². The number of thiophene rings is 1. The number of quaternary nitrogens is 1. The van der Waals surface area contributed by atoms with Crippen LogP contribution < -0.4 is 19.7 Å². The highest BCUT2D eigenvalue weighted by Gasteiger charge is 2.35. The number of fused-ring (bicyclic) bond motifs is 1. The van der Waals surface area contributed by atoms with Gasteiger partial charge < -0.3 is 19.7 Å². The number of hydrogen-bond acceptors (Lipinski definition) is 6. The third-order valence-electron chi connectivity index (χ3n) is 5.15. The van der Waals surface area contributed by atoms with Crippen molar-refractivity contribution < 1.29 is 27.6 Å². The molecule has 3 heterocycles. The molecule has 1 fully saturated rings. The fourth-order valence-corrected chi connectivity index (χ4v) is 6.50. The number of rotatable bonds is 5. The first-order chi connectivity index (χ1) is 13.8. The van der Waals surface area contributed by atoms with Crippen molar-refractivity contribution in [2.24, 2.45) is 0 Å². The number of amides is 1. The quantitative estimate of drug-likeness (QED) is 0.699. The van der Waals surface area contributed by atoms with Crippen LogP contribution in [0, 0.1) is 0 Å². The Bertz CT molecular complexity index is 1020. The first-order valence-corrected chi connectivity index (χ1v) is 11.8. The highest BCUT2D eigenvalue weighted by Crippen LogP contribution is 2.34. The predicted molar refractivity (Wildman–Crippen MR) is 109 cm³/mol. The molecule has 0 saturated carbocycles. The third kappa shape index (κ3) is 4.22. The summed E-state index contributed by atoms with van der Waals surface area (Å²) in [5, 5.41) is 2.90. The molecule has 0 spiro atoms. The molecule has 0 bridgehead atoms. The summed E-state index contributed by atoms with van der Waals surface area (Å²) < 4.78 is 38.2. The zero-order valence-electron chi connectivity index (χ0n) is 15.7. The molecule has 11 heteroatoms. The Labute approximate surface area is 178 Å². The van der Waals surface area contributed by atoms with Crippen LogP contribution in [0.3, 0.4) is 0 Å². The van der Waals surface area contributed by atoms with E-state index < -0.39 is 10.0 Å². The molecule has 0 unspecified atom stereocenters. The van der Waals surface area contributed by atoms with Gasteiger partial charge in [-0.25, -0.2) is 8.42 Å². The summed E-state index contributed by atoms with van der Waals surface area (Å²) in [6.45, 7) is 3.84. The van der Waals surface area contributed by atoms with Crippen LogP contribution in [0.4, 0.5) is 5.69 Å². The summed E-state index contributed by atoms with van der Waals surface area (Å²) in [7, 11) is -3.54. The van der Waals surface area contributed by atoms with E-state index in [2.05, 4.69) is 5.32 Å². The molecule has 156 valence electrons. The van der Waals surface area contributed by atoms with Gasteiger partial charge in [-0.3, -0.25) is 4.79 Å². The van der Waals surface area contributed by atoms with E-state index in [0.29, 0.717) is 47.7 Å². The minimum absolute atomic E-state index is 0.125. The Kier molecular flexibility index (Phi) is 5.71. The average Bonchev–Trinajstić information content (AvgIpc) is 3.36. The number of carbonyl (C=O) groups is 1. The molecule has 2 aliphatic heterocycles. The number of ether oxygens (including phenoxy) is 2. The number of benzene rings is 1. The van der Waals surface area contributed by atoms with E-state index >= 15 is 0 Å². The first kappa shape index (κ1) is 20.4. The third-order valence-corrected chi connectivity index (χ3v) is 8.75. The van der Waals surface area contributed by atoms with E-state index in [1.807, 2.05) is 6.92 Å². The number of nitrogens with one attached hydrogen (secondary N) is 2. The molecule has 1 aromatic heterocycles. The van der Waals surface area contributed by atoms with Crippen LogP contribution in [0.25, 0.3) is 0 Å². The summed E-state index contributed by atoms with van der Waals surface area (Å²) >= 11 is 6.93. The molecule has 4 rings (SSSR count). The van der Waals surface area contributed by atoms with E-state index in [9.17, 15) is 13.2 Å². The summed E-state index contributed by atoms with van der Waals surface area (Å²) in [4.78, 5) is 13.7. The molecule has 1 amide bonds. The lowest BCUT2D eigenvalue weighted by atomic mass is 10.2. The van der Waals surface area contributed by atoms with E-state index in [-0.39, 0.29) is 23.0 Å². The Morgan fingerprint density at radius 1 is 1.21 bits per heavy atom. The number of carbonyl (C=O) groups excluding carboxylic acids is 1. The van der Waals surface area contributed by atoms with Gasteiger partial charge in [0.2, 0.25) is 6.79 Å². The zero-order valence-corrected chi connectivity index (χ0v) is 18.1. The molecule has 0 aliphatic carbocycles. The largest absolute Gasteiger partial charge is 0.454 e. The lowest BCUT2D eigenvalue weighted by Crippen LogP contribution is -3.19. The molecule has 1 aromatic carbocycles. The van der Waals surface area contributed by atoms with Crippen molar-refractivity contribution in [1.29, 1.82) is 0 Å². The lowest BCUT2D eigenvalue weighted by molar-refractivity contribution is -0.917. The maximum absolute atomic E-state index is 12.7. The normalized spacial score (nSPS) is 18.6. The Balaban J connectivity index is 1.35. The second-order valence-electron chi connectivity index (χ2n) is 6.90. The molecule has 8 nitrogen and oxygen atoms in total. The molecule has 2 aromatic rings. The first-order valence-electron chi connectivity index (χ1n) is 9.15. The number of halogens is 1. The number of hydrogen-bond donors (Lipinski definition) is 2. The van der Waals surface area contributed by atoms with Gasteiger partial charge in [0.05, 0.1) is 30.5 Å². The Hall–Kier alpha value is -1.85. The summed E-state index contributed by atoms with van der Waals surface area (Å²) in [6, 6.07) is 8.06. The Morgan fingerprint density at radius 2 is 1.93 bits per heavy atom. The van der Waals surface area contributed by atoms with Gasteiger partial charge >= 0.3 is 0 Å². The lowest BCUT2D eigenvalue weighted by Gasteiger charge is -2.33. The predicted octanol–water partition coefficient (Wildman–Crippen LogP) is 1.05. The minimum atomic E-state index is -3.54. The molecule has 2 aliphatic rings. The van der Waals surface area contributed by atoms with Crippen molar-refractivity contribution in [1.82, 2.24) is 4.31 Å². The van der Waals surface area contributed by atoms with Crippen molar-refractivity contribution >= 4 is 44.6 Å². The maximum Gasteiger partial charge on any atom is 0.282 e. The van der Waals surface area contributed by atoms with Gasteiger partial charge in [-0.05, 0) is 31.2 Å². The van der Waals surface area contributed by atoms with E-state index in [1.54, 1.807) is 24.3 Å². The topological polar surface area (TPSA) is 89.4 Å². The van der Waals surface area contributed by atoms with Crippen molar-refractivity contribution in [3.05, 3.63) is 34.7 Å². The summed E-state index contributed by atoms with van der Waals surface area (Å²) in [6.07, 6.45) is 0. The SMILES string of the molecule is C[C@H](C(=O)Nc1ccc2c(c1)OCO2)[NH+]1CCN(S(=O)(=O)c2ccc(Cl)s2)CC1. The van der Waals surface area contributed by atoms with Crippen LogP contribution in [0.2, 0.25) is 4.34 Å². The zero-order chi connectivity index (χ0) is 20.6. The molecule has 1 atom stereocenters. The van der Waals surface area contributed by atoms with Crippen LogP contribution in [-0.2, 0) is 14.8 Å². The maximum atomic E-state index is 12.7. The summed E-state index contributed by atoms with van der Waals surface area (Å²) in [5.74, 6) is 1.14. The fraction of sp³-hybridized carbons (Fsp3) is 0.389. The smallest absolute Gasteiger partial charge is 0.282 e. The summed E-state index contributed by atoms with van der Waals surface area (Å²) in [5.41, 5.74) is 0.640.